The van der Waals surface area contributed by atoms with Gasteiger partial charge in [-0.2, -0.15) is 0 Å². The van der Waals surface area contributed by atoms with Crippen LogP contribution in [0.5, 0.6) is 5.75 Å². The number of ether oxygens (including phenoxy) is 1. The second kappa shape index (κ2) is 8.08. The number of carbonyl (C=O) groups is 1. The van der Waals surface area contributed by atoms with E-state index >= 15 is 0 Å². The zero-order valence-electron chi connectivity index (χ0n) is 13.1. The normalized spacial score (nSPS) is 10.1. The number of hydrogen-bond donors (Lipinski definition) is 2. The third-order valence-corrected chi connectivity index (χ3v) is 3.42. The van der Waals surface area contributed by atoms with E-state index in [-0.39, 0.29) is 5.91 Å². The Labute approximate surface area is 131 Å². The lowest BCUT2D eigenvalue weighted by Gasteiger charge is -2.11. The summed E-state index contributed by atoms with van der Waals surface area (Å²) in [6, 6.07) is 15.5. The average molecular weight is 298 g/mol. The molecule has 0 saturated carbocycles. The maximum Gasteiger partial charge on any atom is 0.226 e. The van der Waals surface area contributed by atoms with Crippen molar-refractivity contribution in [2.24, 2.45) is 0 Å². The Balaban J connectivity index is 1.82. The monoisotopic (exact) mass is 298 g/mol. The smallest absolute Gasteiger partial charge is 0.226 e. The summed E-state index contributed by atoms with van der Waals surface area (Å²) < 4.78 is 5.14. The fraction of sp³-hybridized carbons (Fsp3) is 0.278. The van der Waals surface area contributed by atoms with E-state index in [9.17, 15) is 4.79 Å². The van der Waals surface area contributed by atoms with Gasteiger partial charge >= 0.3 is 0 Å². The first-order chi connectivity index (χ1) is 10.7. The maximum atomic E-state index is 12.0. The summed E-state index contributed by atoms with van der Waals surface area (Å²) in [5.74, 6) is 0.711. The number of hydrogen-bond acceptors (Lipinski definition) is 3. The number of benzene rings is 2. The van der Waals surface area contributed by atoms with E-state index in [2.05, 4.69) is 23.6 Å². The van der Waals surface area contributed by atoms with Gasteiger partial charge in [-0.3, -0.25) is 4.79 Å². The standard InChI is InChI=1S/C18H22N2O2/c1-3-14-7-4-5-10-17(14)19-12-11-18(21)20-15-8-6-9-16(13-15)22-2/h4-10,13,19H,3,11-12H2,1-2H3,(H,20,21). The quantitative estimate of drug-likeness (QED) is 0.819. The number of carbonyl (C=O) groups excluding carboxylic acids is 1. The van der Waals surface area contributed by atoms with E-state index in [0.29, 0.717) is 13.0 Å². The van der Waals surface area contributed by atoms with Gasteiger partial charge in [0.15, 0.2) is 0 Å². The third kappa shape index (κ3) is 4.52. The number of anilines is 2. The van der Waals surface area contributed by atoms with Crippen molar-refractivity contribution in [2.75, 3.05) is 24.3 Å². The van der Waals surface area contributed by atoms with Crippen LogP contribution in [0.3, 0.4) is 0 Å². The molecule has 0 fully saturated rings. The molecular formula is C18H22N2O2. The molecule has 0 aliphatic rings. The van der Waals surface area contributed by atoms with Gasteiger partial charge in [-0.15, -0.1) is 0 Å². The van der Waals surface area contributed by atoms with Crippen LogP contribution in [0.15, 0.2) is 48.5 Å². The Kier molecular flexibility index (Phi) is 5.83. The second-order valence-corrected chi connectivity index (χ2v) is 4.97. The highest BCUT2D eigenvalue weighted by molar-refractivity contribution is 5.91. The minimum absolute atomic E-state index is 0.0188. The van der Waals surface area contributed by atoms with Crippen LogP contribution in [0.1, 0.15) is 18.9 Å². The van der Waals surface area contributed by atoms with Gasteiger partial charge in [-0.05, 0) is 30.2 Å². The van der Waals surface area contributed by atoms with Gasteiger partial charge in [0.2, 0.25) is 5.91 Å². The van der Waals surface area contributed by atoms with Crippen LogP contribution in [0.2, 0.25) is 0 Å². The fourth-order valence-electron chi connectivity index (χ4n) is 2.24. The number of rotatable bonds is 7. The molecule has 116 valence electrons. The van der Waals surface area contributed by atoms with Crippen molar-refractivity contribution < 1.29 is 9.53 Å². The largest absolute Gasteiger partial charge is 0.497 e. The fourth-order valence-corrected chi connectivity index (χ4v) is 2.24. The zero-order valence-corrected chi connectivity index (χ0v) is 13.1. The highest BCUT2D eigenvalue weighted by atomic mass is 16.5. The predicted octanol–water partition coefficient (Wildman–Crippen LogP) is 3.70. The highest BCUT2D eigenvalue weighted by Crippen LogP contribution is 2.17. The molecule has 0 aliphatic heterocycles. The van der Waals surface area contributed by atoms with Gasteiger partial charge in [0, 0.05) is 30.4 Å². The van der Waals surface area contributed by atoms with Crippen molar-refractivity contribution in [3.05, 3.63) is 54.1 Å². The molecule has 22 heavy (non-hydrogen) atoms. The van der Waals surface area contributed by atoms with Crippen LogP contribution in [0.25, 0.3) is 0 Å². The van der Waals surface area contributed by atoms with Crippen molar-refractivity contribution in [1.29, 1.82) is 0 Å². The summed E-state index contributed by atoms with van der Waals surface area (Å²) >= 11 is 0. The van der Waals surface area contributed by atoms with Gasteiger partial charge in [-0.25, -0.2) is 0 Å². The third-order valence-electron chi connectivity index (χ3n) is 3.42. The van der Waals surface area contributed by atoms with E-state index in [1.165, 1.54) is 5.56 Å². The summed E-state index contributed by atoms with van der Waals surface area (Å²) in [7, 11) is 1.61. The molecular weight excluding hydrogens is 276 g/mol. The van der Waals surface area contributed by atoms with E-state index in [1.54, 1.807) is 13.2 Å². The number of amides is 1. The SMILES string of the molecule is CCc1ccccc1NCCC(=O)Nc1cccc(OC)c1. The molecule has 4 heteroatoms. The topological polar surface area (TPSA) is 50.4 Å². The summed E-state index contributed by atoms with van der Waals surface area (Å²) in [6.07, 6.45) is 1.38. The molecule has 0 radical (unpaired) electrons. The molecule has 0 bridgehead atoms. The first-order valence-electron chi connectivity index (χ1n) is 7.48. The molecule has 2 rings (SSSR count). The number of aryl methyl sites for hydroxylation is 1. The minimum Gasteiger partial charge on any atom is -0.497 e. The first-order valence-corrected chi connectivity index (χ1v) is 7.48. The highest BCUT2D eigenvalue weighted by Gasteiger charge is 2.04. The van der Waals surface area contributed by atoms with Crippen LogP contribution >= 0.6 is 0 Å². The number of methoxy groups -OCH3 is 1. The molecule has 2 aromatic carbocycles. The molecule has 0 aromatic heterocycles. The van der Waals surface area contributed by atoms with E-state index in [1.807, 2.05) is 36.4 Å². The molecule has 0 spiro atoms. The molecule has 0 unspecified atom stereocenters. The maximum absolute atomic E-state index is 12.0. The summed E-state index contributed by atoms with van der Waals surface area (Å²) in [6.45, 7) is 2.73. The molecule has 1 amide bonds. The van der Waals surface area contributed by atoms with Gasteiger partial charge in [0.1, 0.15) is 5.75 Å². The molecule has 0 atom stereocenters. The van der Waals surface area contributed by atoms with Gasteiger partial charge < -0.3 is 15.4 Å². The Morgan fingerprint density at radius 3 is 2.73 bits per heavy atom. The lowest BCUT2D eigenvalue weighted by atomic mass is 10.1. The van der Waals surface area contributed by atoms with Crippen LogP contribution in [0.4, 0.5) is 11.4 Å². The van der Waals surface area contributed by atoms with Crippen molar-refractivity contribution in [1.82, 2.24) is 0 Å². The van der Waals surface area contributed by atoms with E-state index < -0.39 is 0 Å². The van der Waals surface area contributed by atoms with Crippen molar-refractivity contribution in [3.8, 4) is 5.75 Å². The zero-order chi connectivity index (χ0) is 15.8. The molecule has 2 aromatic rings. The summed E-state index contributed by atoms with van der Waals surface area (Å²) in [5.41, 5.74) is 3.10. The van der Waals surface area contributed by atoms with E-state index in [4.69, 9.17) is 4.74 Å². The predicted molar refractivity (Wildman–Crippen MR) is 90.6 cm³/mol. The Morgan fingerprint density at radius 2 is 1.95 bits per heavy atom. The van der Waals surface area contributed by atoms with Gasteiger partial charge in [0.25, 0.3) is 0 Å². The van der Waals surface area contributed by atoms with Crippen LogP contribution in [-0.4, -0.2) is 19.6 Å². The van der Waals surface area contributed by atoms with Crippen molar-refractivity contribution in [3.63, 3.8) is 0 Å². The molecule has 0 aliphatic carbocycles. The molecule has 4 nitrogen and oxygen atoms in total. The van der Waals surface area contributed by atoms with Crippen molar-refractivity contribution >= 4 is 17.3 Å². The number of nitrogens with one attached hydrogen (secondary N) is 2. The van der Waals surface area contributed by atoms with Gasteiger partial charge in [0.05, 0.1) is 7.11 Å². The first kappa shape index (κ1) is 15.9. The Hall–Kier alpha value is -2.49. The molecule has 0 saturated heterocycles. The number of para-hydroxylation sites is 1. The Bertz CT molecular complexity index is 626. The average Bonchev–Trinajstić information content (AvgIpc) is 2.55. The second-order valence-electron chi connectivity index (χ2n) is 4.97. The van der Waals surface area contributed by atoms with Crippen LogP contribution < -0.4 is 15.4 Å². The van der Waals surface area contributed by atoms with Crippen LogP contribution in [0, 0.1) is 0 Å². The minimum atomic E-state index is -0.0188. The van der Waals surface area contributed by atoms with Crippen LogP contribution in [-0.2, 0) is 11.2 Å². The molecule has 0 heterocycles. The van der Waals surface area contributed by atoms with Gasteiger partial charge in [-0.1, -0.05) is 31.2 Å². The van der Waals surface area contributed by atoms with Crippen molar-refractivity contribution in [2.45, 2.75) is 19.8 Å². The Morgan fingerprint density at radius 1 is 1.14 bits per heavy atom. The van der Waals surface area contributed by atoms with E-state index in [0.717, 1.165) is 23.5 Å². The summed E-state index contributed by atoms with van der Waals surface area (Å²) in [5, 5.41) is 6.19. The molecule has 2 N–H and O–H groups in total. The lowest BCUT2D eigenvalue weighted by molar-refractivity contribution is -0.115. The lowest BCUT2D eigenvalue weighted by Crippen LogP contribution is -2.16. The summed E-state index contributed by atoms with van der Waals surface area (Å²) in [4.78, 5) is 12.0.